The SMILES string of the molecule is CCCCN(CCCC)c1ccc2c(c1)Oc1cc(OC)c(N)cc1C21OC(=O)c2ccccc21. The van der Waals surface area contributed by atoms with E-state index >= 15 is 0 Å². The first-order valence-corrected chi connectivity index (χ1v) is 12.4. The Balaban J connectivity index is 1.70. The third-order valence-corrected chi connectivity index (χ3v) is 6.98. The Kier molecular flexibility index (Phi) is 6.05. The molecule has 1 unspecified atom stereocenters. The molecule has 2 heterocycles. The Morgan fingerprint density at radius 3 is 2.34 bits per heavy atom. The molecule has 1 spiro atoms. The summed E-state index contributed by atoms with van der Waals surface area (Å²) in [5, 5.41) is 0. The zero-order valence-corrected chi connectivity index (χ0v) is 20.6. The molecule has 0 radical (unpaired) electrons. The van der Waals surface area contributed by atoms with Crippen LogP contribution >= 0.6 is 0 Å². The Hall–Kier alpha value is -3.67. The van der Waals surface area contributed by atoms with Crippen molar-refractivity contribution in [2.24, 2.45) is 0 Å². The molecule has 2 N–H and O–H groups in total. The predicted molar refractivity (Wildman–Crippen MR) is 138 cm³/mol. The van der Waals surface area contributed by atoms with Gasteiger partial charge in [0.1, 0.15) is 17.2 Å². The Bertz CT molecular complexity index is 1260. The van der Waals surface area contributed by atoms with E-state index in [0.717, 1.165) is 55.6 Å². The third kappa shape index (κ3) is 3.68. The molecule has 2 aliphatic rings. The third-order valence-electron chi connectivity index (χ3n) is 6.98. The largest absolute Gasteiger partial charge is 0.494 e. The summed E-state index contributed by atoms with van der Waals surface area (Å²) in [7, 11) is 1.58. The molecular weight excluding hydrogens is 440 g/mol. The fourth-order valence-corrected chi connectivity index (χ4v) is 5.15. The van der Waals surface area contributed by atoms with Crippen molar-refractivity contribution in [3.8, 4) is 17.2 Å². The van der Waals surface area contributed by atoms with E-state index in [1.807, 2.05) is 24.3 Å². The van der Waals surface area contributed by atoms with E-state index in [4.69, 9.17) is 19.9 Å². The molecule has 6 heteroatoms. The molecule has 6 nitrogen and oxygen atoms in total. The number of anilines is 2. The zero-order valence-electron chi connectivity index (χ0n) is 20.6. The number of methoxy groups -OCH3 is 1. The first kappa shape index (κ1) is 23.1. The normalized spacial score (nSPS) is 17.3. The molecule has 0 bridgehead atoms. The van der Waals surface area contributed by atoms with Crippen LogP contribution in [-0.2, 0) is 10.3 Å². The van der Waals surface area contributed by atoms with E-state index in [1.54, 1.807) is 25.3 Å². The molecule has 2 aliphatic heterocycles. The lowest BCUT2D eigenvalue weighted by Crippen LogP contribution is -2.33. The fourth-order valence-electron chi connectivity index (χ4n) is 5.15. The average Bonchev–Trinajstić information content (AvgIpc) is 3.17. The second kappa shape index (κ2) is 9.17. The molecule has 0 fully saturated rings. The molecule has 0 saturated carbocycles. The highest BCUT2D eigenvalue weighted by molar-refractivity contribution is 5.97. The van der Waals surface area contributed by atoms with E-state index in [-0.39, 0.29) is 5.97 Å². The van der Waals surface area contributed by atoms with Crippen molar-refractivity contribution in [2.45, 2.75) is 45.1 Å². The van der Waals surface area contributed by atoms with Crippen LogP contribution in [0.5, 0.6) is 17.2 Å². The fraction of sp³-hybridized carbons (Fsp3) is 0.345. The van der Waals surface area contributed by atoms with Crippen LogP contribution in [0.1, 0.15) is 66.6 Å². The molecule has 0 amide bonds. The first-order valence-electron chi connectivity index (χ1n) is 12.4. The van der Waals surface area contributed by atoms with E-state index in [2.05, 4.69) is 30.9 Å². The Labute approximate surface area is 206 Å². The van der Waals surface area contributed by atoms with Gasteiger partial charge in [0.15, 0.2) is 5.60 Å². The summed E-state index contributed by atoms with van der Waals surface area (Å²) in [6.07, 6.45) is 4.51. The van der Waals surface area contributed by atoms with Gasteiger partial charge in [0.05, 0.1) is 18.4 Å². The lowest BCUT2D eigenvalue weighted by atomic mass is 9.77. The van der Waals surface area contributed by atoms with E-state index < -0.39 is 5.60 Å². The number of fused-ring (bicyclic) bond motifs is 6. The number of nitrogens with two attached hydrogens (primary N) is 1. The zero-order chi connectivity index (χ0) is 24.6. The van der Waals surface area contributed by atoms with Crippen LogP contribution in [0.2, 0.25) is 0 Å². The number of benzene rings is 3. The number of hydrogen-bond donors (Lipinski definition) is 1. The van der Waals surface area contributed by atoms with Gasteiger partial charge in [-0.1, -0.05) is 44.9 Å². The van der Waals surface area contributed by atoms with Crippen LogP contribution in [0.4, 0.5) is 11.4 Å². The number of nitrogen functional groups attached to an aromatic ring is 1. The highest BCUT2D eigenvalue weighted by Crippen LogP contribution is 2.57. The van der Waals surface area contributed by atoms with Crippen molar-refractivity contribution in [2.75, 3.05) is 30.8 Å². The van der Waals surface area contributed by atoms with Crippen LogP contribution < -0.4 is 20.1 Å². The van der Waals surface area contributed by atoms with Crippen LogP contribution in [0.3, 0.4) is 0 Å². The van der Waals surface area contributed by atoms with E-state index in [1.165, 1.54) is 0 Å². The van der Waals surface area contributed by atoms with Crippen LogP contribution in [-0.4, -0.2) is 26.2 Å². The Morgan fingerprint density at radius 2 is 1.63 bits per heavy atom. The van der Waals surface area contributed by atoms with Crippen LogP contribution in [0, 0.1) is 0 Å². The molecule has 0 aliphatic carbocycles. The van der Waals surface area contributed by atoms with Gasteiger partial charge in [-0.15, -0.1) is 0 Å². The van der Waals surface area contributed by atoms with Crippen molar-refractivity contribution in [1.82, 2.24) is 0 Å². The summed E-state index contributed by atoms with van der Waals surface area (Å²) < 4.78 is 18.2. The quantitative estimate of drug-likeness (QED) is 0.308. The predicted octanol–water partition coefficient (Wildman–Crippen LogP) is 6.25. The molecule has 3 aromatic rings. The number of hydrogen-bond acceptors (Lipinski definition) is 6. The molecule has 182 valence electrons. The maximum atomic E-state index is 13.1. The summed E-state index contributed by atoms with van der Waals surface area (Å²) in [4.78, 5) is 15.5. The summed E-state index contributed by atoms with van der Waals surface area (Å²) in [5.41, 5.74) is 9.58. The molecular formula is C29H32N2O4. The molecule has 1 atom stereocenters. The monoisotopic (exact) mass is 472 g/mol. The number of nitrogens with zero attached hydrogens (tertiary/aromatic N) is 1. The lowest BCUT2D eigenvalue weighted by molar-refractivity contribution is 0.0224. The topological polar surface area (TPSA) is 74.0 Å². The summed E-state index contributed by atoms with van der Waals surface area (Å²) in [6.45, 7) is 6.39. The van der Waals surface area contributed by atoms with Gasteiger partial charge in [-0.2, -0.15) is 0 Å². The lowest BCUT2D eigenvalue weighted by Gasteiger charge is -2.37. The van der Waals surface area contributed by atoms with Gasteiger partial charge in [0.25, 0.3) is 0 Å². The Morgan fingerprint density at radius 1 is 0.914 bits per heavy atom. The highest BCUT2D eigenvalue weighted by Gasteiger charge is 2.53. The van der Waals surface area contributed by atoms with Crippen molar-refractivity contribution >= 4 is 17.3 Å². The number of rotatable bonds is 8. The van der Waals surface area contributed by atoms with Gasteiger partial charge in [-0.3, -0.25) is 0 Å². The van der Waals surface area contributed by atoms with Gasteiger partial charge < -0.3 is 24.8 Å². The maximum absolute atomic E-state index is 13.1. The smallest absolute Gasteiger partial charge is 0.340 e. The molecule has 3 aromatic carbocycles. The van der Waals surface area contributed by atoms with E-state index in [0.29, 0.717) is 34.1 Å². The second-order valence-electron chi connectivity index (χ2n) is 9.18. The van der Waals surface area contributed by atoms with E-state index in [9.17, 15) is 4.79 Å². The number of unbranched alkanes of at least 4 members (excludes halogenated alkanes) is 2. The average molecular weight is 473 g/mol. The summed E-state index contributed by atoms with van der Waals surface area (Å²) >= 11 is 0. The van der Waals surface area contributed by atoms with Crippen LogP contribution in [0.25, 0.3) is 0 Å². The van der Waals surface area contributed by atoms with Crippen LogP contribution in [0.15, 0.2) is 54.6 Å². The number of carbonyl (C=O) groups is 1. The number of ether oxygens (including phenoxy) is 3. The molecule has 5 rings (SSSR count). The van der Waals surface area contributed by atoms with Gasteiger partial charge in [-0.25, -0.2) is 4.79 Å². The van der Waals surface area contributed by atoms with Crippen molar-refractivity contribution in [3.63, 3.8) is 0 Å². The molecule has 0 aromatic heterocycles. The number of esters is 1. The van der Waals surface area contributed by atoms with Crippen molar-refractivity contribution < 1.29 is 19.0 Å². The second-order valence-corrected chi connectivity index (χ2v) is 9.18. The molecule has 35 heavy (non-hydrogen) atoms. The summed E-state index contributed by atoms with van der Waals surface area (Å²) in [5.74, 6) is 1.40. The van der Waals surface area contributed by atoms with Gasteiger partial charge in [0.2, 0.25) is 0 Å². The maximum Gasteiger partial charge on any atom is 0.340 e. The van der Waals surface area contributed by atoms with Gasteiger partial charge in [0, 0.05) is 47.6 Å². The minimum absolute atomic E-state index is 0.356. The van der Waals surface area contributed by atoms with Crippen molar-refractivity contribution in [1.29, 1.82) is 0 Å². The number of carbonyl (C=O) groups excluding carboxylic acids is 1. The van der Waals surface area contributed by atoms with Gasteiger partial charge >= 0.3 is 5.97 Å². The van der Waals surface area contributed by atoms with Crippen molar-refractivity contribution in [3.05, 3.63) is 76.9 Å². The van der Waals surface area contributed by atoms with Gasteiger partial charge in [-0.05, 0) is 37.1 Å². The summed E-state index contributed by atoms with van der Waals surface area (Å²) in [6, 6.07) is 17.3. The first-order chi connectivity index (χ1) is 17.0. The molecule has 0 saturated heterocycles. The standard InChI is InChI=1S/C29H32N2O4/c1-4-6-14-31(15-7-5-2)19-12-13-22-25(16-19)34-26-18-27(33-3)24(30)17-23(26)29(22)21-11-9-8-10-20(21)28(32)35-29/h8-13,16-18H,4-7,14-15,30H2,1-3H3. The minimum Gasteiger partial charge on any atom is -0.494 e. The minimum atomic E-state index is -1.13. The highest BCUT2D eigenvalue weighted by atomic mass is 16.6.